The third-order valence-corrected chi connectivity index (χ3v) is 15.3. The summed E-state index contributed by atoms with van der Waals surface area (Å²) in [7, 11) is 0. The number of carbonyl (C=O) groups excluding carboxylic acids is 2. The van der Waals surface area contributed by atoms with Crippen molar-refractivity contribution in [3.8, 4) is 0 Å². The molecule has 0 aromatic heterocycles. The second kappa shape index (κ2) is 12.1. The summed E-state index contributed by atoms with van der Waals surface area (Å²) < 4.78 is 0. The Morgan fingerprint density at radius 1 is 0.851 bits per heavy atom. The third kappa shape index (κ3) is 5.34. The predicted molar refractivity (Wildman–Crippen MR) is 185 cm³/mol. The zero-order valence-electron chi connectivity index (χ0n) is 29.4. The molecule has 1 aromatic rings. The Bertz CT molecular complexity index is 1410. The number of hydrogen-bond acceptors (Lipinski definition) is 4. The van der Waals surface area contributed by atoms with E-state index in [9.17, 15) is 19.5 Å². The van der Waals surface area contributed by atoms with Crippen LogP contribution in [0.5, 0.6) is 0 Å². The summed E-state index contributed by atoms with van der Waals surface area (Å²) in [6.45, 7) is 12.8. The number of likely N-dealkylation sites (tertiary alicyclic amines) is 1. The molecule has 256 valence electrons. The number of fused-ring (bicyclic) bond motifs is 7. The third-order valence-electron chi connectivity index (χ3n) is 15.3. The van der Waals surface area contributed by atoms with Crippen LogP contribution in [0.2, 0.25) is 0 Å². The van der Waals surface area contributed by atoms with Crippen molar-refractivity contribution in [3.63, 3.8) is 0 Å². The van der Waals surface area contributed by atoms with E-state index in [-0.39, 0.29) is 22.6 Å². The minimum atomic E-state index is -0.863. The van der Waals surface area contributed by atoms with E-state index in [0.29, 0.717) is 48.1 Å². The molecule has 2 N–H and O–H groups in total. The second-order valence-electron chi connectivity index (χ2n) is 17.7. The number of amides is 2. The SMILES string of the molecule is CC1(C)C(c2ccc(C(=O)O)cc2)=CC[C@@]2(C)C1CC[C@@]1(C)C3CC[C@@]4(CNCCCN5C(=O)CCCC5=O)CCCC4[C@H]3CCC12. The van der Waals surface area contributed by atoms with Crippen LogP contribution in [-0.4, -0.2) is 47.4 Å². The largest absolute Gasteiger partial charge is 0.478 e. The minimum Gasteiger partial charge on any atom is -0.478 e. The van der Waals surface area contributed by atoms with E-state index in [1.807, 2.05) is 12.1 Å². The topological polar surface area (TPSA) is 86.7 Å². The maximum Gasteiger partial charge on any atom is 0.335 e. The van der Waals surface area contributed by atoms with Crippen molar-refractivity contribution in [2.75, 3.05) is 19.6 Å². The summed E-state index contributed by atoms with van der Waals surface area (Å²) in [5, 5.41) is 13.3. The van der Waals surface area contributed by atoms with Crippen molar-refractivity contribution in [1.82, 2.24) is 10.2 Å². The molecule has 8 atom stereocenters. The maximum absolute atomic E-state index is 12.2. The number of carboxylic acids is 1. The number of hydrogen-bond donors (Lipinski definition) is 2. The van der Waals surface area contributed by atoms with Crippen LogP contribution in [0.25, 0.3) is 5.57 Å². The van der Waals surface area contributed by atoms with Crippen LogP contribution < -0.4 is 5.32 Å². The zero-order valence-corrected chi connectivity index (χ0v) is 29.4. The van der Waals surface area contributed by atoms with Crippen LogP contribution in [0, 0.1) is 51.2 Å². The zero-order chi connectivity index (χ0) is 33.2. The molecule has 4 unspecified atom stereocenters. The van der Waals surface area contributed by atoms with Gasteiger partial charge in [0.15, 0.2) is 0 Å². The highest BCUT2D eigenvalue weighted by molar-refractivity contribution is 5.97. The van der Waals surface area contributed by atoms with Crippen molar-refractivity contribution in [2.45, 2.75) is 118 Å². The van der Waals surface area contributed by atoms with E-state index in [1.165, 1.54) is 73.8 Å². The fourth-order valence-electron chi connectivity index (χ4n) is 13.3. The van der Waals surface area contributed by atoms with Crippen molar-refractivity contribution in [1.29, 1.82) is 0 Å². The van der Waals surface area contributed by atoms with Crippen molar-refractivity contribution >= 4 is 23.4 Å². The van der Waals surface area contributed by atoms with Gasteiger partial charge in [0.05, 0.1) is 5.56 Å². The monoisotopic (exact) mass is 642 g/mol. The van der Waals surface area contributed by atoms with Gasteiger partial charge in [-0.2, -0.15) is 0 Å². The number of piperidine rings is 1. The Labute approximate surface area is 282 Å². The van der Waals surface area contributed by atoms with Gasteiger partial charge >= 0.3 is 5.97 Å². The number of benzene rings is 1. The maximum atomic E-state index is 12.2. The molecule has 1 aliphatic heterocycles. The Kier molecular flexibility index (Phi) is 8.54. The molecule has 0 radical (unpaired) electrons. The van der Waals surface area contributed by atoms with E-state index in [4.69, 9.17) is 0 Å². The van der Waals surface area contributed by atoms with Gasteiger partial charge in [0, 0.05) is 25.9 Å². The standard InChI is InChI=1S/C41H58N2O4/c1-38(2)30(27-11-13-28(14-12-27)37(46)47)17-21-40(4)33(38)19-22-39(3)31-18-23-41(20-6-8-32(41)29(31)15-16-34(39)40)26-42-24-7-25-43-35(44)9-5-10-36(43)45/h11-14,17,29,31-34,42H,5-10,15-16,18-26H2,1-4H3,(H,46,47)/t29-,31?,32?,33?,34?,39-,40-,41+/m0/s1. The molecule has 5 aliphatic carbocycles. The number of carboxylic acid groups (broad SMARTS) is 1. The molecule has 1 saturated heterocycles. The number of nitrogens with one attached hydrogen (secondary N) is 1. The van der Waals surface area contributed by atoms with Gasteiger partial charge in [-0.3, -0.25) is 14.5 Å². The van der Waals surface area contributed by atoms with Gasteiger partial charge in [0.1, 0.15) is 0 Å². The van der Waals surface area contributed by atoms with Gasteiger partial charge in [-0.25, -0.2) is 4.79 Å². The molecule has 2 amide bonds. The van der Waals surface area contributed by atoms with E-state index in [1.54, 1.807) is 12.1 Å². The van der Waals surface area contributed by atoms with Crippen LogP contribution in [0.3, 0.4) is 0 Å². The molecule has 5 fully saturated rings. The fourth-order valence-corrected chi connectivity index (χ4v) is 13.3. The first kappa shape index (κ1) is 33.0. The summed E-state index contributed by atoms with van der Waals surface area (Å²) in [5.41, 5.74) is 4.10. The molecule has 6 aliphatic rings. The summed E-state index contributed by atoms with van der Waals surface area (Å²) in [5.74, 6) is 3.02. The number of aromatic carboxylic acids is 1. The highest BCUT2D eigenvalue weighted by Crippen LogP contribution is 2.73. The highest BCUT2D eigenvalue weighted by Gasteiger charge is 2.65. The molecule has 1 aromatic carbocycles. The van der Waals surface area contributed by atoms with Crippen LogP contribution in [0.15, 0.2) is 30.3 Å². The lowest BCUT2D eigenvalue weighted by Crippen LogP contribution is -2.61. The van der Waals surface area contributed by atoms with E-state index < -0.39 is 5.97 Å². The molecular weight excluding hydrogens is 584 g/mol. The normalized spacial score (nSPS) is 39.4. The van der Waals surface area contributed by atoms with Crippen LogP contribution in [-0.2, 0) is 9.59 Å². The van der Waals surface area contributed by atoms with Gasteiger partial charge in [0.25, 0.3) is 0 Å². The quantitative estimate of drug-likeness (QED) is 0.220. The molecule has 4 saturated carbocycles. The summed E-state index contributed by atoms with van der Waals surface area (Å²) in [4.78, 5) is 37.4. The van der Waals surface area contributed by atoms with Crippen LogP contribution >= 0.6 is 0 Å². The molecule has 0 bridgehead atoms. The Hall–Kier alpha value is -2.47. The second-order valence-corrected chi connectivity index (χ2v) is 17.7. The van der Waals surface area contributed by atoms with Gasteiger partial charge in [-0.15, -0.1) is 0 Å². The van der Waals surface area contributed by atoms with Crippen molar-refractivity contribution in [3.05, 3.63) is 41.5 Å². The lowest BCUT2D eigenvalue weighted by Gasteiger charge is -2.68. The first-order valence-electron chi connectivity index (χ1n) is 19.0. The van der Waals surface area contributed by atoms with Gasteiger partial charge in [0.2, 0.25) is 11.8 Å². The molecule has 6 nitrogen and oxygen atoms in total. The molecule has 0 spiro atoms. The first-order chi connectivity index (χ1) is 22.4. The Balaban J connectivity index is 1.03. The predicted octanol–water partition coefficient (Wildman–Crippen LogP) is 8.36. The molecule has 1 heterocycles. The first-order valence-corrected chi connectivity index (χ1v) is 19.0. The van der Waals surface area contributed by atoms with Crippen molar-refractivity contribution in [2.24, 2.45) is 51.2 Å². The molecular formula is C41H58N2O4. The summed E-state index contributed by atoms with van der Waals surface area (Å²) in [6.07, 6.45) is 18.4. The Morgan fingerprint density at radius 3 is 2.32 bits per heavy atom. The van der Waals surface area contributed by atoms with E-state index >= 15 is 0 Å². The van der Waals surface area contributed by atoms with Crippen molar-refractivity contribution < 1.29 is 19.5 Å². The number of carbonyl (C=O) groups is 3. The average molecular weight is 643 g/mol. The van der Waals surface area contributed by atoms with Crippen LogP contribution in [0.1, 0.15) is 134 Å². The summed E-state index contributed by atoms with van der Waals surface area (Å²) in [6, 6.07) is 7.59. The molecule has 47 heavy (non-hydrogen) atoms. The van der Waals surface area contributed by atoms with Gasteiger partial charge in [-0.05, 0) is 152 Å². The highest BCUT2D eigenvalue weighted by atomic mass is 16.4. The molecule has 6 heteroatoms. The lowest BCUT2D eigenvalue weighted by molar-refractivity contribution is -0.177. The summed E-state index contributed by atoms with van der Waals surface area (Å²) >= 11 is 0. The van der Waals surface area contributed by atoms with Gasteiger partial charge < -0.3 is 10.4 Å². The van der Waals surface area contributed by atoms with Gasteiger partial charge in [-0.1, -0.05) is 52.3 Å². The Morgan fingerprint density at radius 2 is 1.60 bits per heavy atom. The minimum absolute atomic E-state index is 0.0153. The number of nitrogens with zero attached hydrogens (tertiary/aromatic N) is 1. The van der Waals surface area contributed by atoms with E-state index in [0.717, 1.165) is 49.6 Å². The number of allylic oxidation sites excluding steroid dienone is 2. The smallest absolute Gasteiger partial charge is 0.335 e. The van der Waals surface area contributed by atoms with E-state index in [2.05, 4.69) is 39.1 Å². The fraction of sp³-hybridized carbons (Fsp3) is 0.732. The van der Waals surface area contributed by atoms with Crippen LogP contribution in [0.4, 0.5) is 0 Å². The number of rotatable bonds is 8. The lowest BCUT2D eigenvalue weighted by atomic mass is 9.36. The number of imide groups is 1. The molecule has 7 rings (SSSR count). The average Bonchev–Trinajstić information content (AvgIpc) is 3.46.